The van der Waals surface area contributed by atoms with Crippen molar-refractivity contribution in [2.24, 2.45) is 0 Å². The van der Waals surface area contributed by atoms with Gasteiger partial charge in [0, 0.05) is 24.7 Å². The number of amides is 2. The molecule has 7 nitrogen and oxygen atoms in total. The van der Waals surface area contributed by atoms with E-state index in [1.807, 2.05) is 48.5 Å². The lowest BCUT2D eigenvalue weighted by Crippen LogP contribution is -2.47. The molecule has 0 fully saturated rings. The predicted molar refractivity (Wildman–Crippen MR) is 155 cm³/mol. The molecule has 9 heteroatoms. The maximum atomic E-state index is 14.0. The molecule has 0 aliphatic heterocycles. The Morgan fingerprint density at radius 3 is 2.03 bits per heavy atom. The summed E-state index contributed by atoms with van der Waals surface area (Å²) in [5, 5.41) is 3.54. The van der Waals surface area contributed by atoms with Crippen molar-refractivity contribution in [3.8, 4) is 0 Å². The average Bonchev–Trinajstić information content (AvgIpc) is 2.92. The van der Waals surface area contributed by atoms with Crippen LogP contribution in [0.5, 0.6) is 0 Å². The Hall–Kier alpha value is -3.20. The van der Waals surface area contributed by atoms with Gasteiger partial charge in [0.05, 0.1) is 12.8 Å². The minimum atomic E-state index is -3.73. The molecule has 2 amide bonds. The lowest BCUT2D eigenvalue weighted by molar-refractivity contribution is -0.141. The number of halogens is 1. The number of hydrogen-bond donors (Lipinski definition) is 1. The third-order valence-corrected chi connectivity index (χ3v) is 7.77. The van der Waals surface area contributed by atoms with Gasteiger partial charge >= 0.3 is 0 Å². The highest BCUT2D eigenvalue weighted by Gasteiger charge is 2.33. The number of nitrogens with one attached hydrogen (secondary N) is 1. The number of carbonyl (C=O) groups is 2. The fourth-order valence-electron chi connectivity index (χ4n) is 4.22. The van der Waals surface area contributed by atoms with E-state index in [9.17, 15) is 18.0 Å². The van der Waals surface area contributed by atoms with Crippen molar-refractivity contribution in [2.45, 2.75) is 45.3 Å². The van der Waals surface area contributed by atoms with Gasteiger partial charge in [0.25, 0.3) is 0 Å². The van der Waals surface area contributed by atoms with Crippen molar-refractivity contribution >= 4 is 33.4 Å². The highest BCUT2D eigenvalue weighted by molar-refractivity contribution is 7.88. The maximum Gasteiger partial charge on any atom is 0.247 e. The van der Waals surface area contributed by atoms with Crippen LogP contribution < -0.4 is 5.32 Å². The van der Waals surface area contributed by atoms with Crippen LogP contribution >= 0.6 is 11.6 Å². The molecular weight excluding hydrogens is 534 g/mol. The Morgan fingerprint density at radius 1 is 0.846 bits per heavy atom. The SMILES string of the molecule is CCCCCNC(=O)C(c1ccccc1)N(Cc1ccc(Cl)cc1)C(=O)CN(Cc1ccccc1)S(C)(=O)=O. The van der Waals surface area contributed by atoms with Gasteiger partial charge in [-0.05, 0) is 35.2 Å². The average molecular weight is 570 g/mol. The molecule has 1 N–H and O–H groups in total. The van der Waals surface area contributed by atoms with Gasteiger partial charge in [0.2, 0.25) is 21.8 Å². The Morgan fingerprint density at radius 2 is 1.44 bits per heavy atom. The van der Waals surface area contributed by atoms with Crippen LogP contribution in [0.25, 0.3) is 0 Å². The van der Waals surface area contributed by atoms with Crippen LogP contribution in [0.3, 0.4) is 0 Å². The van der Waals surface area contributed by atoms with Crippen molar-refractivity contribution in [1.82, 2.24) is 14.5 Å². The Labute approximate surface area is 236 Å². The first kappa shape index (κ1) is 30.3. The summed E-state index contributed by atoms with van der Waals surface area (Å²) in [6.45, 7) is 2.31. The molecule has 0 radical (unpaired) electrons. The van der Waals surface area contributed by atoms with Gasteiger partial charge in [0.1, 0.15) is 6.04 Å². The number of unbranched alkanes of at least 4 members (excludes halogenated alkanes) is 2. The second-order valence-electron chi connectivity index (χ2n) is 9.48. The van der Waals surface area contributed by atoms with Crippen molar-refractivity contribution in [3.05, 3.63) is 107 Å². The Kier molecular flexibility index (Phi) is 11.5. The molecule has 208 valence electrons. The van der Waals surface area contributed by atoms with E-state index in [4.69, 9.17) is 11.6 Å². The van der Waals surface area contributed by atoms with Crippen LogP contribution in [0.15, 0.2) is 84.9 Å². The Balaban J connectivity index is 1.98. The minimum absolute atomic E-state index is 0.0411. The largest absolute Gasteiger partial charge is 0.354 e. The van der Waals surface area contributed by atoms with E-state index in [1.165, 1.54) is 4.90 Å². The Bertz CT molecular complexity index is 1300. The standard InChI is InChI=1S/C30H36ClN3O4S/c1-3-4-11-20-32-30(36)29(26-14-9-6-10-15-26)34(22-25-16-18-27(31)19-17-25)28(35)23-33(39(2,37)38)21-24-12-7-5-8-13-24/h5-10,12-19,29H,3-4,11,20-23H2,1-2H3,(H,32,36). The van der Waals surface area contributed by atoms with Crippen LogP contribution in [-0.4, -0.2) is 48.8 Å². The maximum absolute atomic E-state index is 14.0. The number of carbonyl (C=O) groups excluding carboxylic acids is 2. The molecule has 0 spiro atoms. The molecular formula is C30H36ClN3O4S. The van der Waals surface area contributed by atoms with Gasteiger partial charge < -0.3 is 10.2 Å². The van der Waals surface area contributed by atoms with E-state index in [1.54, 1.807) is 36.4 Å². The van der Waals surface area contributed by atoms with Gasteiger partial charge in [-0.25, -0.2) is 8.42 Å². The van der Waals surface area contributed by atoms with Gasteiger partial charge in [-0.15, -0.1) is 0 Å². The first-order valence-corrected chi connectivity index (χ1v) is 15.3. The van der Waals surface area contributed by atoms with Gasteiger partial charge in [-0.1, -0.05) is 104 Å². The number of benzene rings is 3. The molecule has 1 atom stereocenters. The molecule has 3 aromatic carbocycles. The number of rotatable bonds is 14. The van der Waals surface area contributed by atoms with Gasteiger partial charge in [-0.3, -0.25) is 9.59 Å². The summed E-state index contributed by atoms with van der Waals surface area (Å²) in [4.78, 5) is 29.0. The topological polar surface area (TPSA) is 86.8 Å². The molecule has 0 aromatic heterocycles. The van der Waals surface area contributed by atoms with E-state index in [0.717, 1.165) is 41.0 Å². The normalized spacial score (nSPS) is 12.2. The highest BCUT2D eigenvalue weighted by Crippen LogP contribution is 2.25. The molecule has 39 heavy (non-hydrogen) atoms. The van der Waals surface area contributed by atoms with E-state index < -0.39 is 28.5 Å². The van der Waals surface area contributed by atoms with Crippen molar-refractivity contribution < 1.29 is 18.0 Å². The van der Waals surface area contributed by atoms with E-state index >= 15 is 0 Å². The monoisotopic (exact) mass is 569 g/mol. The molecule has 0 heterocycles. The summed E-state index contributed by atoms with van der Waals surface area (Å²) in [7, 11) is -3.73. The molecule has 1 unspecified atom stereocenters. The molecule has 0 bridgehead atoms. The lowest BCUT2D eigenvalue weighted by Gasteiger charge is -2.33. The molecule has 0 aliphatic carbocycles. The zero-order valence-electron chi connectivity index (χ0n) is 22.4. The van der Waals surface area contributed by atoms with E-state index in [2.05, 4.69) is 12.2 Å². The summed E-state index contributed by atoms with van der Waals surface area (Å²) in [5.41, 5.74) is 2.16. The molecule has 0 aliphatic rings. The number of nitrogens with zero attached hydrogens (tertiary/aromatic N) is 2. The number of sulfonamides is 1. The molecule has 3 rings (SSSR count). The van der Waals surface area contributed by atoms with Crippen molar-refractivity contribution in [3.63, 3.8) is 0 Å². The van der Waals surface area contributed by atoms with Crippen LogP contribution in [0.1, 0.15) is 48.9 Å². The third-order valence-electron chi connectivity index (χ3n) is 6.32. The molecule has 3 aromatic rings. The summed E-state index contributed by atoms with van der Waals surface area (Å²) < 4.78 is 26.6. The lowest BCUT2D eigenvalue weighted by atomic mass is 10.0. The number of hydrogen-bond acceptors (Lipinski definition) is 4. The molecule has 0 saturated heterocycles. The van der Waals surface area contributed by atoms with Gasteiger partial charge in [0.15, 0.2) is 0 Å². The van der Waals surface area contributed by atoms with E-state index in [-0.39, 0.29) is 19.0 Å². The second-order valence-corrected chi connectivity index (χ2v) is 11.9. The molecule has 0 saturated carbocycles. The highest BCUT2D eigenvalue weighted by atomic mass is 35.5. The summed E-state index contributed by atoms with van der Waals surface area (Å²) >= 11 is 6.08. The first-order chi connectivity index (χ1) is 18.7. The van der Waals surface area contributed by atoms with Crippen LogP contribution in [0.4, 0.5) is 0 Å². The fraction of sp³-hybridized carbons (Fsp3) is 0.333. The summed E-state index contributed by atoms with van der Waals surface area (Å²) in [6, 6.07) is 24.3. The van der Waals surface area contributed by atoms with Crippen molar-refractivity contribution in [1.29, 1.82) is 0 Å². The van der Waals surface area contributed by atoms with Crippen LogP contribution in [0.2, 0.25) is 5.02 Å². The third kappa shape index (κ3) is 9.49. The minimum Gasteiger partial charge on any atom is -0.354 e. The predicted octanol–water partition coefficient (Wildman–Crippen LogP) is 5.18. The quantitative estimate of drug-likeness (QED) is 0.271. The zero-order valence-corrected chi connectivity index (χ0v) is 24.0. The van der Waals surface area contributed by atoms with Gasteiger partial charge in [-0.2, -0.15) is 4.31 Å². The van der Waals surface area contributed by atoms with Crippen molar-refractivity contribution in [2.75, 3.05) is 19.3 Å². The summed E-state index contributed by atoms with van der Waals surface area (Å²) in [5.74, 6) is -0.794. The smallest absolute Gasteiger partial charge is 0.247 e. The van der Waals surface area contributed by atoms with E-state index in [0.29, 0.717) is 17.1 Å². The first-order valence-electron chi connectivity index (χ1n) is 13.0. The zero-order chi connectivity index (χ0) is 28.3. The van der Waals surface area contributed by atoms with Crippen LogP contribution in [0, 0.1) is 0 Å². The van der Waals surface area contributed by atoms with Crippen LogP contribution in [-0.2, 0) is 32.7 Å². The fourth-order valence-corrected chi connectivity index (χ4v) is 5.08. The summed E-state index contributed by atoms with van der Waals surface area (Å²) in [6.07, 6.45) is 3.91. The second kappa shape index (κ2) is 14.8.